The minimum atomic E-state index is 0.185. The van der Waals surface area contributed by atoms with E-state index in [2.05, 4.69) is 5.32 Å². The van der Waals surface area contributed by atoms with Crippen LogP contribution in [0, 0.1) is 5.41 Å². The smallest absolute Gasteiger partial charge is 0.227 e. The van der Waals surface area contributed by atoms with E-state index in [9.17, 15) is 9.90 Å². The molecule has 2 aliphatic heterocycles. The van der Waals surface area contributed by atoms with Crippen LogP contribution in [0.25, 0.3) is 0 Å². The van der Waals surface area contributed by atoms with Crippen molar-refractivity contribution in [1.29, 1.82) is 0 Å². The fourth-order valence-electron chi connectivity index (χ4n) is 3.75. The molecular formula is C17H24N2O2. The minimum Gasteiger partial charge on any atom is -0.508 e. The first kappa shape index (κ1) is 14.4. The summed E-state index contributed by atoms with van der Waals surface area (Å²) in [5, 5.41) is 13.0. The molecule has 0 aromatic heterocycles. The van der Waals surface area contributed by atoms with E-state index in [0.29, 0.717) is 11.8 Å². The van der Waals surface area contributed by atoms with E-state index in [-0.39, 0.29) is 11.7 Å². The van der Waals surface area contributed by atoms with Gasteiger partial charge in [-0.05, 0) is 49.9 Å². The van der Waals surface area contributed by atoms with Gasteiger partial charge >= 0.3 is 0 Å². The van der Waals surface area contributed by atoms with Crippen LogP contribution in [0.1, 0.15) is 31.2 Å². The zero-order valence-corrected chi connectivity index (χ0v) is 12.5. The molecule has 2 saturated heterocycles. The molecule has 0 saturated carbocycles. The van der Waals surface area contributed by atoms with Gasteiger partial charge in [-0.25, -0.2) is 0 Å². The molecule has 1 aromatic carbocycles. The summed E-state index contributed by atoms with van der Waals surface area (Å²) in [4.78, 5) is 14.6. The zero-order valence-electron chi connectivity index (χ0n) is 12.5. The van der Waals surface area contributed by atoms with Gasteiger partial charge in [-0.15, -0.1) is 0 Å². The van der Waals surface area contributed by atoms with Crippen molar-refractivity contribution in [3.8, 4) is 5.75 Å². The Balaban J connectivity index is 1.64. The van der Waals surface area contributed by atoms with Crippen molar-refractivity contribution < 1.29 is 9.90 Å². The molecule has 4 heteroatoms. The predicted molar refractivity (Wildman–Crippen MR) is 82.2 cm³/mol. The second kappa shape index (κ2) is 6.06. The second-order valence-electron chi connectivity index (χ2n) is 6.55. The van der Waals surface area contributed by atoms with E-state index in [1.807, 2.05) is 11.0 Å². The molecule has 1 spiro atoms. The number of phenolic OH excluding ortho intramolecular Hbond substituents is 1. The SMILES string of the molecule is O=C(Cc1cccc(O)c1)N1CCCC2(CCCNC2)C1. The fourth-order valence-corrected chi connectivity index (χ4v) is 3.75. The largest absolute Gasteiger partial charge is 0.508 e. The molecule has 1 aromatic rings. The summed E-state index contributed by atoms with van der Waals surface area (Å²) < 4.78 is 0. The Morgan fingerprint density at radius 1 is 1.33 bits per heavy atom. The Morgan fingerprint density at radius 3 is 2.95 bits per heavy atom. The maximum atomic E-state index is 12.5. The number of carbonyl (C=O) groups excluding carboxylic acids is 1. The molecule has 2 fully saturated rings. The molecule has 0 bridgehead atoms. The Hall–Kier alpha value is -1.55. The van der Waals surface area contributed by atoms with Gasteiger partial charge in [0.25, 0.3) is 0 Å². The number of piperidine rings is 2. The monoisotopic (exact) mass is 288 g/mol. The number of rotatable bonds is 2. The number of nitrogens with zero attached hydrogens (tertiary/aromatic N) is 1. The van der Waals surface area contributed by atoms with Crippen molar-refractivity contribution in [2.24, 2.45) is 5.41 Å². The number of likely N-dealkylation sites (tertiary alicyclic amines) is 1. The Kier molecular flexibility index (Phi) is 4.15. The first-order chi connectivity index (χ1) is 10.2. The van der Waals surface area contributed by atoms with Crippen molar-refractivity contribution in [3.05, 3.63) is 29.8 Å². The molecule has 3 rings (SSSR count). The van der Waals surface area contributed by atoms with E-state index in [1.54, 1.807) is 18.2 Å². The van der Waals surface area contributed by atoms with Crippen LogP contribution in [0.15, 0.2) is 24.3 Å². The van der Waals surface area contributed by atoms with Crippen LogP contribution in [0.4, 0.5) is 0 Å². The highest BCUT2D eigenvalue weighted by molar-refractivity contribution is 5.79. The Labute approximate surface area is 126 Å². The van der Waals surface area contributed by atoms with Gasteiger partial charge in [-0.2, -0.15) is 0 Å². The maximum Gasteiger partial charge on any atom is 0.227 e. The van der Waals surface area contributed by atoms with Crippen LogP contribution in [0.5, 0.6) is 5.75 Å². The number of nitrogens with one attached hydrogen (secondary N) is 1. The van der Waals surface area contributed by atoms with Crippen molar-refractivity contribution in [2.75, 3.05) is 26.2 Å². The number of carbonyl (C=O) groups is 1. The van der Waals surface area contributed by atoms with Gasteiger partial charge in [-0.1, -0.05) is 12.1 Å². The van der Waals surface area contributed by atoms with Crippen molar-refractivity contribution >= 4 is 5.91 Å². The average Bonchev–Trinajstić information content (AvgIpc) is 2.48. The summed E-state index contributed by atoms with van der Waals surface area (Å²) in [5.74, 6) is 0.414. The van der Waals surface area contributed by atoms with Gasteiger partial charge in [0.2, 0.25) is 5.91 Å². The number of aromatic hydroxyl groups is 1. The average molecular weight is 288 g/mol. The van der Waals surface area contributed by atoms with Crippen LogP contribution in [-0.4, -0.2) is 42.1 Å². The lowest BCUT2D eigenvalue weighted by molar-refractivity contribution is -0.134. The van der Waals surface area contributed by atoms with E-state index in [4.69, 9.17) is 0 Å². The molecule has 0 aliphatic carbocycles. The number of benzene rings is 1. The third-order valence-corrected chi connectivity index (χ3v) is 4.84. The molecule has 2 heterocycles. The predicted octanol–water partition coefficient (Wildman–Crippen LogP) is 1.93. The van der Waals surface area contributed by atoms with Gasteiger partial charge in [0.1, 0.15) is 5.75 Å². The van der Waals surface area contributed by atoms with Crippen LogP contribution < -0.4 is 5.32 Å². The Morgan fingerprint density at radius 2 is 2.19 bits per heavy atom. The maximum absolute atomic E-state index is 12.5. The highest BCUT2D eigenvalue weighted by Crippen LogP contribution is 2.36. The van der Waals surface area contributed by atoms with Gasteiger partial charge in [0.05, 0.1) is 6.42 Å². The normalized spacial score (nSPS) is 26.0. The van der Waals surface area contributed by atoms with Gasteiger partial charge < -0.3 is 15.3 Å². The molecule has 21 heavy (non-hydrogen) atoms. The molecular weight excluding hydrogens is 264 g/mol. The van der Waals surface area contributed by atoms with Gasteiger partial charge in [-0.3, -0.25) is 4.79 Å². The summed E-state index contributed by atoms with van der Waals surface area (Å²) in [6.07, 6.45) is 5.17. The molecule has 1 unspecified atom stereocenters. The topological polar surface area (TPSA) is 52.6 Å². The van der Waals surface area contributed by atoms with E-state index in [0.717, 1.165) is 38.2 Å². The van der Waals surface area contributed by atoms with Crippen molar-refractivity contribution in [2.45, 2.75) is 32.1 Å². The van der Waals surface area contributed by atoms with Crippen LogP contribution >= 0.6 is 0 Å². The molecule has 0 radical (unpaired) electrons. The summed E-state index contributed by atoms with van der Waals surface area (Å²) in [7, 11) is 0. The minimum absolute atomic E-state index is 0.185. The summed E-state index contributed by atoms with van der Waals surface area (Å²) >= 11 is 0. The first-order valence-corrected chi connectivity index (χ1v) is 7.93. The molecule has 1 amide bonds. The lowest BCUT2D eigenvalue weighted by Gasteiger charge is -2.45. The quantitative estimate of drug-likeness (QED) is 0.874. The van der Waals surface area contributed by atoms with Crippen molar-refractivity contribution in [3.63, 3.8) is 0 Å². The summed E-state index contributed by atoms with van der Waals surface area (Å²) in [6.45, 7) is 3.92. The van der Waals surface area contributed by atoms with Crippen LogP contribution in [0.3, 0.4) is 0 Å². The van der Waals surface area contributed by atoms with E-state index < -0.39 is 0 Å². The lowest BCUT2D eigenvalue weighted by atomic mass is 9.74. The first-order valence-electron chi connectivity index (χ1n) is 7.93. The van der Waals surface area contributed by atoms with E-state index >= 15 is 0 Å². The molecule has 2 N–H and O–H groups in total. The number of phenols is 1. The third kappa shape index (κ3) is 3.38. The molecule has 1 atom stereocenters. The van der Waals surface area contributed by atoms with Gasteiger partial charge in [0.15, 0.2) is 0 Å². The number of hydrogen-bond donors (Lipinski definition) is 2. The zero-order chi connectivity index (χ0) is 14.7. The van der Waals surface area contributed by atoms with Gasteiger partial charge in [0, 0.05) is 25.0 Å². The third-order valence-electron chi connectivity index (χ3n) is 4.84. The summed E-state index contributed by atoms with van der Waals surface area (Å²) in [6, 6.07) is 7.01. The standard InChI is InChI=1S/C17H24N2O2/c20-15-5-1-4-14(10-15)11-16(21)19-9-3-7-17(13-19)6-2-8-18-12-17/h1,4-5,10,18,20H,2-3,6-9,11-13H2. The van der Waals surface area contributed by atoms with Crippen LogP contribution in [-0.2, 0) is 11.2 Å². The highest BCUT2D eigenvalue weighted by atomic mass is 16.3. The summed E-state index contributed by atoms with van der Waals surface area (Å²) in [5.41, 5.74) is 1.19. The van der Waals surface area contributed by atoms with Crippen molar-refractivity contribution in [1.82, 2.24) is 10.2 Å². The van der Waals surface area contributed by atoms with Crippen LogP contribution in [0.2, 0.25) is 0 Å². The fraction of sp³-hybridized carbons (Fsp3) is 0.588. The second-order valence-corrected chi connectivity index (χ2v) is 6.55. The molecule has 114 valence electrons. The highest BCUT2D eigenvalue weighted by Gasteiger charge is 2.37. The lowest BCUT2D eigenvalue weighted by Crippen LogP contribution is -2.52. The van der Waals surface area contributed by atoms with E-state index in [1.165, 1.54) is 19.3 Å². The number of hydrogen-bond acceptors (Lipinski definition) is 3. The number of amides is 1. The Bertz CT molecular complexity index is 504. The molecule has 2 aliphatic rings. The molecule has 4 nitrogen and oxygen atoms in total.